The van der Waals surface area contributed by atoms with Gasteiger partial charge in [0.25, 0.3) is 0 Å². The highest BCUT2D eigenvalue weighted by Crippen LogP contribution is 2.46. The Bertz CT molecular complexity index is 1240. The van der Waals surface area contributed by atoms with Crippen LogP contribution in [-0.4, -0.2) is 4.70 Å². The number of benzene rings is 2. The standard InChI is InChI=1S/C41H62N2/c1-9-17-19-20-21-23-25-39-38(24-22-18-10-2)40(34-26-30(11-3)36(15-7)31(12-4)27-34)43(42)41(39)35-28-32(13-5)37(16-8)33(14-6)29-35/h26-29H,9-25H2,1-8H3. The zero-order chi connectivity index (χ0) is 31.4. The van der Waals surface area contributed by atoms with E-state index in [-0.39, 0.29) is 0 Å². The second-order valence-electron chi connectivity index (χ2n) is 12.6. The third kappa shape index (κ3) is 8.17. The van der Waals surface area contributed by atoms with Gasteiger partial charge in [-0.05, 0) is 122 Å². The predicted molar refractivity (Wildman–Crippen MR) is 189 cm³/mol. The summed E-state index contributed by atoms with van der Waals surface area (Å²) in [6, 6.07) is 9.60. The third-order valence-electron chi connectivity index (χ3n) is 9.82. The molecular formula is C41H62N2. The molecule has 1 aliphatic heterocycles. The van der Waals surface area contributed by atoms with Gasteiger partial charge in [-0.2, -0.15) is 0 Å². The van der Waals surface area contributed by atoms with Crippen LogP contribution in [0.15, 0.2) is 35.4 Å². The number of hydrogen-bond donors (Lipinski definition) is 0. The normalized spacial score (nSPS) is 13.6. The minimum atomic E-state index is 1.02. The second kappa shape index (κ2) is 17.7. The van der Waals surface area contributed by atoms with Crippen molar-refractivity contribution in [1.29, 1.82) is 0 Å². The minimum Gasteiger partial charge on any atom is -0.493 e. The first-order chi connectivity index (χ1) is 20.9. The highest BCUT2D eigenvalue weighted by Gasteiger charge is 2.36. The molecule has 0 atom stereocenters. The van der Waals surface area contributed by atoms with E-state index >= 15 is 0 Å². The maximum Gasteiger partial charge on any atom is 0.211 e. The van der Waals surface area contributed by atoms with E-state index in [0.717, 1.165) is 62.8 Å². The Hall–Kier alpha value is -2.48. The van der Waals surface area contributed by atoms with E-state index in [0.29, 0.717) is 0 Å². The largest absolute Gasteiger partial charge is 0.493 e. The summed E-state index contributed by atoms with van der Waals surface area (Å²) >= 11 is 0. The molecule has 0 amide bonds. The fourth-order valence-electron chi connectivity index (χ4n) is 7.46. The van der Waals surface area contributed by atoms with Gasteiger partial charge < -0.3 is 5.53 Å². The first-order valence-corrected chi connectivity index (χ1v) is 18.2. The van der Waals surface area contributed by atoms with Gasteiger partial charge in [0.1, 0.15) is 0 Å². The molecule has 0 saturated carbocycles. The van der Waals surface area contributed by atoms with Gasteiger partial charge in [-0.1, -0.05) is 100 Å². The van der Waals surface area contributed by atoms with Crippen molar-refractivity contribution in [3.8, 4) is 0 Å². The molecule has 0 saturated heterocycles. The Morgan fingerprint density at radius 3 is 1.12 bits per heavy atom. The van der Waals surface area contributed by atoms with Gasteiger partial charge in [0.15, 0.2) is 0 Å². The predicted octanol–water partition coefficient (Wildman–Crippen LogP) is 12.6. The molecule has 0 aliphatic carbocycles. The van der Waals surface area contributed by atoms with E-state index in [1.165, 1.54) is 113 Å². The summed E-state index contributed by atoms with van der Waals surface area (Å²) in [5.74, 6) is 0. The minimum absolute atomic E-state index is 1.02. The van der Waals surface area contributed by atoms with Crippen LogP contribution >= 0.6 is 0 Å². The molecule has 43 heavy (non-hydrogen) atoms. The van der Waals surface area contributed by atoms with Crippen molar-refractivity contribution in [2.24, 2.45) is 0 Å². The van der Waals surface area contributed by atoms with Gasteiger partial charge >= 0.3 is 0 Å². The van der Waals surface area contributed by atoms with E-state index in [1.54, 1.807) is 4.70 Å². The summed E-state index contributed by atoms with van der Waals surface area (Å²) in [4.78, 5) is 0. The summed E-state index contributed by atoms with van der Waals surface area (Å²) in [5.41, 5.74) is 28.4. The molecule has 2 aromatic carbocycles. The second-order valence-corrected chi connectivity index (χ2v) is 12.6. The third-order valence-corrected chi connectivity index (χ3v) is 9.82. The van der Waals surface area contributed by atoms with Crippen LogP contribution in [0.3, 0.4) is 0 Å². The van der Waals surface area contributed by atoms with Crippen LogP contribution in [0.25, 0.3) is 16.9 Å². The number of allylic oxidation sites excluding steroid dienone is 2. The molecule has 0 radical (unpaired) electrons. The van der Waals surface area contributed by atoms with E-state index < -0.39 is 0 Å². The average Bonchev–Trinajstić information content (AvgIpc) is 3.31. The van der Waals surface area contributed by atoms with Crippen molar-refractivity contribution in [2.45, 2.75) is 165 Å². The molecule has 0 fully saturated rings. The van der Waals surface area contributed by atoms with E-state index in [2.05, 4.69) is 79.7 Å². The molecule has 2 heteroatoms. The summed E-state index contributed by atoms with van der Waals surface area (Å²) in [5, 5.41) is 0. The lowest BCUT2D eigenvalue weighted by molar-refractivity contribution is -0.345. The van der Waals surface area contributed by atoms with Crippen molar-refractivity contribution in [1.82, 2.24) is 0 Å². The molecule has 0 bridgehead atoms. The van der Waals surface area contributed by atoms with Gasteiger partial charge in [0, 0.05) is 22.3 Å². The monoisotopic (exact) mass is 582 g/mol. The van der Waals surface area contributed by atoms with Gasteiger partial charge in [-0.3, -0.25) is 0 Å². The molecule has 2 nitrogen and oxygen atoms in total. The lowest BCUT2D eigenvalue weighted by Crippen LogP contribution is -2.07. The number of aryl methyl sites for hydroxylation is 4. The number of rotatable bonds is 19. The van der Waals surface area contributed by atoms with Crippen LogP contribution < -0.4 is 0 Å². The summed E-state index contributed by atoms with van der Waals surface area (Å²) in [6.45, 7) is 18.3. The Morgan fingerprint density at radius 2 is 0.767 bits per heavy atom. The molecule has 2 aromatic rings. The van der Waals surface area contributed by atoms with Crippen molar-refractivity contribution < 1.29 is 4.70 Å². The number of unbranched alkanes of at least 4 members (excludes halogenated alkanes) is 7. The quantitative estimate of drug-likeness (QED) is 0.116. The zero-order valence-corrected chi connectivity index (χ0v) is 29.2. The fraction of sp³-hybridized carbons (Fsp3) is 0.610. The Balaban J connectivity index is 2.25. The van der Waals surface area contributed by atoms with Crippen LogP contribution in [0.4, 0.5) is 0 Å². The van der Waals surface area contributed by atoms with Crippen LogP contribution in [0.1, 0.15) is 171 Å². The molecule has 0 N–H and O–H groups in total. The molecule has 1 aliphatic rings. The Kier molecular flexibility index (Phi) is 14.4. The van der Waals surface area contributed by atoms with Crippen LogP contribution in [0.5, 0.6) is 0 Å². The molecule has 1 heterocycles. The molecule has 236 valence electrons. The smallest absolute Gasteiger partial charge is 0.211 e. The molecular weight excluding hydrogens is 520 g/mol. The highest BCUT2D eigenvalue weighted by molar-refractivity contribution is 5.83. The van der Waals surface area contributed by atoms with Crippen molar-refractivity contribution in [3.05, 3.63) is 85.5 Å². The van der Waals surface area contributed by atoms with Crippen LogP contribution in [-0.2, 0) is 38.5 Å². The SMILES string of the molecule is CCCCCCCCC1=C(c2cc(CC)c(CC)c(CC)c2)[N+](=[N-])C(c2cc(CC)c(CC)c(CC)c2)=C1CCCCC. The maximum atomic E-state index is 12.4. The highest BCUT2D eigenvalue weighted by atomic mass is 15.2. The average molecular weight is 583 g/mol. The van der Waals surface area contributed by atoms with Gasteiger partial charge in [-0.15, -0.1) is 0 Å². The van der Waals surface area contributed by atoms with Gasteiger partial charge in [-0.25, -0.2) is 4.70 Å². The van der Waals surface area contributed by atoms with E-state index in [4.69, 9.17) is 0 Å². The first-order valence-electron chi connectivity index (χ1n) is 18.2. The van der Waals surface area contributed by atoms with Gasteiger partial charge in [0.05, 0.1) is 0 Å². The van der Waals surface area contributed by atoms with Crippen LogP contribution in [0.2, 0.25) is 0 Å². The number of hydrogen-bond acceptors (Lipinski definition) is 0. The lowest BCUT2D eigenvalue weighted by atomic mass is 9.87. The van der Waals surface area contributed by atoms with Crippen LogP contribution in [0, 0.1) is 0 Å². The van der Waals surface area contributed by atoms with E-state index in [9.17, 15) is 5.53 Å². The van der Waals surface area contributed by atoms with E-state index in [1.807, 2.05) is 0 Å². The lowest BCUT2D eigenvalue weighted by Gasteiger charge is -2.17. The van der Waals surface area contributed by atoms with Crippen molar-refractivity contribution in [2.75, 3.05) is 0 Å². The van der Waals surface area contributed by atoms with Crippen molar-refractivity contribution in [3.63, 3.8) is 0 Å². The Labute approximate surface area is 265 Å². The van der Waals surface area contributed by atoms with Crippen molar-refractivity contribution >= 4 is 11.4 Å². The molecule has 0 aromatic heterocycles. The number of nitrogens with zero attached hydrogens (tertiary/aromatic N) is 2. The first kappa shape index (κ1) is 35.0. The topological polar surface area (TPSA) is 25.3 Å². The summed E-state index contributed by atoms with van der Waals surface area (Å²) < 4.78 is 1.63. The molecule has 0 unspecified atom stereocenters. The zero-order valence-electron chi connectivity index (χ0n) is 29.2. The Morgan fingerprint density at radius 1 is 0.442 bits per heavy atom. The summed E-state index contributed by atoms with van der Waals surface area (Å²) in [6.07, 6.45) is 19.6. The maximum absolute atomic E-state index is 12.4. The molecule has 3 rings (SSSR count). The molecule has 0 spiro atoms. The fourth-order valence-corrected chi connectivity index (χ4v) is 7.46. The summed E-state index contributed by atoms with van der Waals surface area (Å²) in [7, 11) is 0. The van der Waals surface area contributed by atoms with Gasteiger partial charge in [0.2, 0.25) is 11.4 Å².